The Morgan fingerprint density at radius 1 is 1.82 bits per heavy atom. The minimum absolute atomic E-state index is 0.239. The van der Waals surface area contributed by atoms with Gasteiger partial charge in [0, 0.05) is 18.8 Å². The van der Waals surface area contributed by atoms with Gasteiger partial charge in [0.25, 0.3) is 0 Å². The molecule has 0 fully saturated rings. The minimum atomic E-state index is 0.239. The van der Waals surface area contributed by atoms with E-state index < -0.39 is 0 Å². The Kier molecular flexibility index (Phi) is 2.09. The van der Waals surface area contributed by atoms with Crippen LogP contribution in [-0.4, -0.2) is 14.9 Å². The number of nitrogens with one attached hydrogen (secondary N) is 1. The molecule has 1 aromatic rings. The summed E-state index contributed by atoms with van der Waals surface area (Å²) in [5.41, 5.74) is 6.31. The molecule has 11 heavy (non-hydrogen) atoms. The summed E-state index contributed by atoms with van der Waals surface area (Å²) in [4.78, 5) is 0. The van der Waals surface area contributed by atoms with Crippen molar-refractivity contribution < 1.29 is 0 Å². The molecule has 1 rings (SSSR count). The maximum Gasteiger partial charge on any atom is 0.169 e. The molecule has 3 N–H and O–H groups in total. The summed E-state index contributed by atoms with van der Waals surface area (Å²) in [7, 11) is 1.86. The van der Waals surface area contributed by atoms with Crippen LogP contribution in [-0.2, 0) is 7.05 Å². The molecule has 0 unspecified atom stereocenters. The van der Waals surface area contributed by atoms with E-state index in [-0.39, 0.29) is 5.11 Å². The van der Waals surface area contributed by atoms with Crippen molar-refractivity contribution in [2.75, 3.05) is 5.32 Å². The van der Waals surface area contributed by atoms with Gasteiger partial charge in [-0.25, -0.2) is 0 Å². The van der Waals surface area contributed by atoms with E-state index in [9.17, 15) is 0 Å². The standard InChI is InChI=1S/C6H10N4S/c1-4-3-5(8-6(7)11)9-10(4)2/h3H,1-2H3,(H3,7,8,9,11). The second-order valence-electron chi connectivity index (χ2n) is 2.28. The summed E-state index contributed by atoms with van der Waals surface area (Å²) >= 11 is 4.65. The summed E-state index contributed by atoms with van der Waals surface area (Å²) in [6, 6.07) is 1.87. The molecule has 0 aliphatic rings. The molecule has 4 nitrogen and oxygen atoms in total. The summed E-state index contributed by atoms with van der Waals surface area (Å²) < 4.78 is 1.75. The molecule has 0 amide bonds. The van der Waals surface area contributed by atoms with E-state index in [1.54, 1.807) is 4.68 Å². The Labute approximate surface area is 70.4 Å². The molecule has 0 aliphatic carbocycles. The smallest absolute Gasteiger partial charge is 0.169 e. The van der Waals surface area contributed by atoms with Gasteiger partial charge in [0.05, 0.1) is 0 Å². The lowest BCUT2D eigenvalue weighted by Gasteiger charge is -1.95. The second kappa shape index (κ2) is 2.87. The van der Waals surface area contributed by atoms with E-state index in [1.807, 2.05) is 20.0 Å². The van der Waals surface area contributed by atoms with Crippen molar-refractivity contribution in [3.05, 3.63) is 11.8 Å². The predicted molar refractivity (Wildman–Crippen MR) is 48.4 cm³/mol. The Hall–Kier alpha value is -1.10. The van der Waals surface area contributed by atoms with Crippen LogP contribution >= 0.6 is 12.2 Å². The quantitative estimate of drug-likeness (QED) is 0.598. The van der Waals surface area contributed by atoms with Crippen LogP contribution in [0.25, 0.3) is 0 Å². The lowest BCUT2D eigenvalue weighted by Crippen LogP contribution is -2.19. The molecule has 0 radical (unpaired) electrons. The fourth-order valence-electron chi connectivity index (χ4n) is 0.748. The van der Waals surface area contributed by atoms with Gasteiger partial charge in [-0.3, -0.25) is 4.68 Å². The van der Waals surface area contributed by atoms with Crippen molar-refractivity contribution in [3.63, 3.8) is 0 Å². The molecule has 0 spiro atoms. The van der Waals surface area contributed by atoms with Gasteiger partial charge >= 0.3 is 0 Å². The topological polar surface area (TPSA) is 55.9 Å². The summed E-state index contributed by atoms with van der Waals surface area (Å²) in [5.74, 6) is 0.692. The van der Waals surface area contributed by atoms with Crippen LogP contribution in [0.5, 0.6) is 0 Å². The van der Waals surface area contributed by atoms with Crippen LogP contribution in [0.2, 0.25) is 0 Å². The molecular formula is C6H10N4S. The van der Waals surface area contributed by atoms with Crippen molar-refractivity contribution in [3.8, 4) is 0 Å². The number of anilines is 1. The van der Waals surface area contributed by atoms with Gasteiger partial charge in [-0.2, -0.15) is 5.10 Å². The lowest BCUT2D eigenvalue weighted by molar-refractivity contribution is 0.743. The van der Waals surface area contributed by atoms with E-state index in [0.717, 1.165) is 5.69 Å². The summed E-state index contributed by atoms with van der Waals surface area (Å²) in [6.45, 7) is 1.96. The Bertz CT molecular complexity index is 259. The van der Waals surface area contributed by atoms with Crippen LogP contribution in [0.15, 0.2) is 6.07 Å². The van der Waals surface area contributed by atoms with Crippen LogP contribution in [0.4, 0.5) is 5.82 Å². The van der Waals surface area contributed by atoms with Crippen molar-refractivity contribution >= 4 is 23.1 Å². The average Bonchev–Trinajstić information content (AvgIpc) is 2.10. The van der Waals surface area contributed by atoms with Gasteiger partial charge in [-0.1, -0.05) is 0 Å². The lowest BCUT2D eigenvalue weighted by atomic mass is 10.5. The van der Waals surface area contributed by atoms with Gasteiger partial charge in [0.1, 0.15) is 0 Å². The average molecular weight is 170 g/mol. The van der Waals surface area contributed by atoms with E-state index >= 15 is 0 Å². The predicted octanol–water partition coefficient (Wildman–Crippen LogP) is 0.384. The Balaban J connectivity index is 2.81. The number of nitrogens with two attached hydrogens (primary N) is 1. The Morgan fingerprint density at radius 2 is 2.45 bits per heavy atom. The fourth-order valence-corrected chi connectivity index (χ4v) is 0.852. The van der Waals surface area contributed by atoms with E-state index in [4.69, 9.17) is 5.73 Å². The van der Waals surface area contributed by atoms with Crippen molar-refractivity contribution in [1.82, 2.24) is 9.78 Å². The van der Waals surface area contributed by atoms with Crippen molar-refractivity contribution in [2.45, 2.75) is 6.92 Å². The first-order chi connectivity index (χ1) is 5.09. The number of hydrogen-bond donors (Lipinski definition) is 2. The van der Waals surface area contributed by atoms with Gasteiger partial charge < -0.3 is 11.1 Å². The molecular weight excluding hydrogens is 160 g/mol. The number of rotatable bonds is 1. The number of nitrogens with zero attached hydrogens (tertiary/aromatic N) is 2. The third-order valence-corrected chi connectivity index (χ3v) is 1.47. The first kappa shape index (κ1) is 8.00. The van der Waals surface area contributed by atoms with Crippen molar-refractivity contribution in [1.29, 1.82) is 0 Å². The SMILES string of the molecule is Cc1cc(NC(N)=S)nn1C. The number of hydrogen-bond acceptors (Lipinski definition) is 2. The highest BCUT2D eigenvalue weighted by atomic mass is 32.1. The van der Waals surface area contributed by atoms with Gasteiger partial charge in [0.15, 0.2) is 10.9 Å². The second-order valence-corrected chi connectivity index (χ2v) is 2.72. The summed E-state index contributed by atoms with van der Waals surface area (Å²) in [6.07, 6.45) is 0. The van der Waals surface area contributed by atoms with Crippen LogP contribution in [0.1, 0.15) is 5.69 Å². The number of aromatic nitrogens is 2. The maximum atomic E-state index is 5.25. The molecule has 0 aliphatic heterocycles. The minimum Gasteiger partial charge on any atom is -0.376 e. The van der Waals surface area contributed by atoms with Crippen LogP contribution in [0, 0.1) is 6.92 Å². The zero-order valence-electron chi connectivity index (χ0n) is 6.46. The molecule has 0 saturated carbocycles. The molecule has 0 atom stereocenters. The van der Waals surface area contributed by atoms with Gasteiger partial charge in [0.2, 0.25) is 0 Å². The third-order valence-electron chi connectivity index (χ3n) is 1.37. The van der Waals surface area contributed by atoms with E-state index in [0.29, 0.717) is 5.82 Å². The monoisotopic (exact) mass is 170 g/mol. The maximum absolute atomic E-state index is 5.25. The van der Waals surface area contributed by atoms with Gasteiger partial charge in [-0.15, -0.1) is 0 Å². The zero-order chi connectivity index (χ0) is 8.43. The van der Waals surface area contributed by atoms with E-state index in [1.165, 1.54) is 0 Å². The first-order valence-electron chi connectivity index (χ1n) is 3.16. The van der Waals surface area contributed by atoms with Crippen molar-refractivity contribution in [2.24, 2.45) is 12.8 Å². The van der Waals surface area contributed by atoms with Gasteiger partial charge in [-0.05, 0) is 19.1 Å². The molecule has 5 heteroatoms. The third kappa shape index (κ3) is 1.91. The number of thiocarbonyl (C=S) groups is 1. The summed E-state index contributed by atoms with van der Waals surface area (Å²) in [5, 5.41) is 7.07. The molecule has 1 aromatic heterocycles. The fraction of sp³-hybridized carbons (Fsp3) is 0.333. The number of aryl methyl sites for hydroxylation is 2. The molecule has 1 heterocycles. The van der Waals surface area contributed by atoms with Crippen LogP contribution in [0.3, 0.4) is 0 Å². The first-order valence-corrected chi connectivity index (χ1v) is 3.57. The van der Waals surface area contributed by atoms with E-state index in [2.05, 4.69) is 22.6 Å². The highest BCUT2D eigenvalue weighted by molar-refractivity contribution is 7.80. The highest BCUT2D eigenvalue weighted by Gasteiger charge is 1.99. The molecule has 0 saturated heterocycles. The van der Waals surface area contributed by atoms with Crippen LogP contribution < -0.4 is 11.1 Å². The normalized spacial score (nSPS) is 9.64. The largest absolute Gasteiger partial charge is 0.376 e. The Morgan fingerprint density at radius 3 is 2.82 bits per heavy atom. The highest BCUT2D eigenvalue weighted by Crippen LogP contribution is 2.05. The zero-order valence-corrected chi connectivity index (χ0v) is 7.27. The molecule has 0 aromatic carbocycles. The molecule has 60 valence electrons. The molecule has 0 bridgehead atoms.